The van der Waals surface area contributed by atoms with Gasteiger partial charge >= 0.3 is 6.18 Å². The van der Waals surface area contributed by atoms with Gasteiger partial charge in [0.2, 0.25) is 17.6 Å². The Kier molecular flexibility index (Phi) is 8.01. The highest BCUT2D eigenvalue weighted by atomic mass is 32.1. The number of nitrogens with one attached hydrogen (secondary N) is 1. The minimum absolute atomic E-state index is 0.115. The molecule has 1 N–H and O–H groups in total. The zero-order valence-corrected chi connectivity index (χ0v) is 26.2. The van der Waals surface area contributed by atoms with Crippen molar-refractivity contribution >= 4 is 39.2 Å². The number of ether oxygens (including phenoxy) is 2. The maximum Gasteiger partial charge on any atom is 0.449 e. The van der Waals surface area contributed by atoms with E-state index in [9.17, 15) is 18.0 Å². The van der Waals surface area contributed by atoms with Gasteiger partial charge in [-0.25, -0.2) is 19.9 Å². The molecule has 47 heavy (non-hydrogen) atoms. The molecule has 1 aliphatic rings. The Morgan fingerprint density at radius 3 is 2.66 bits per heavy atom. The van der Waals surface area contributed by atoms with Crippen molar-refractivity contribution in [2.75, 3.05) is 33.9 Å². The standard InChI is InChI=1S/C32H29F3N8O3S/c1-45-20-7-8-23-25(14-20)43(31(40-23)32(33,34)35)18-28(44)42-11-10-41(17-27-36-9-12-47-27)16-26(42)29-37-15-24(38-29)21-13-19-5-3-4-6-22(19)39-30(21)46-2/h3-9,12-15,26H,10-11,16-18H2,1-2H3,(H,37,38)/t26-/m0/s1. The van der Waals surface area contributed by atoms with Crippen molar-refractivity contribution in [1.29, 1.82) is 0 Å². The van der Waals surface area contributed by atoms with Crippen molar-refractivity contribution in [1.82, 2.24) is 39.3 Å². The average Bonchev–Trinajstić information content (AvgIpc) is 3.85. The number of hydrogen-bond acceptors (Lipinski definition) is 9. The van der Waals surface area contributed by atoms with Gasteiger partial charge in [-0.1, -0.05) is 18.2 Å². The molecule has 11 nitrogen and oxygen atoms in total. The second kappa shape index (κ2) is 12.3. The molecule has 5 heterocycles. The Morgan fingerprint density at radius 1 is 1.04 bits per heavy atom. The number of methoxy groups -OCH3 is 2. The van der Waals surface area contributed by atoms with Crippen molar-refractivity contribution in [3.63, 3.8) is 0 Å². The number of benzene rings is 2. The summed E-state index contributed by atoms with van der Waals surface area (Å²) in [6.45, 7) is 1.15. The number of halogens is 3. The Labute approximate surface area is 270 Å². The van der Waals surface area contributed by atoms with Gasteiger partial charge in [-0.3, -0.25) is 9.69 Å². The highest BCUT2D eigenvalue weighted by Crippen LogP contribution is 2.35. The first-order chi connectivity index (χ1) is 22.7. The topological polar surface area (TPSA) is 114 Å². The van der Waals surface area contributed by atoms with E-state index < -0.39 is 30.5 Å². The molecule has 242 valence electrons. The van der Waals surface area contributed by atoms with Gasteiger partial charge in [0.05, 0.1) is 54.8 Å². The third-order valence-corrected chi connectivity index (χ3v) is 8.98. The first kappa shape index (κ1) is 30.6. The SMILES string of the molecule is COc1ccc2nc(C(F)(F)F)n(CC(=O)N3CCN(Cc4nccs4)C[C@H]3c3ncc(-c4cc5ccccc5nc4OC)[nH]3)c2c1. The van der Waals surface area contributed by atoms with E-state index in [1.54, 1.807) is 24.4 Å². The molecule has 4 aromatic heterocycles. The molecule has 0 spiro atoms. The van der Waals surface area contributed by atoms with Gasteiger partial charge < -0.3 is 23.9 Å². The number of pyridine rings is 1. The largest absolute Gasteiger partial charge is 0.497 e. The van der Waals surface area contributed by atoms with E-state index in [2.05, 4.69) is 29.8 Å². The number of rotatable bonds is 8. The van der Waals surface area contributed by atoms with Gasteiger partial charge in [0.25, 0.3) is 0 Å². The zero-order valence-electron chi connectivity index (χ0n) is 25.4. The van der Waals surface area contributed by atoms with E-state index in [0.29, 0.717) is 48.3 Å². The maximum absolute atomic E-state index is 14.2. The molecule has 0 saturated carbocycles. The lowest BCUT2D eigenvalue weighted by Crippen LogP contribution is -2.51. The lowest BCUT2D eigenvalue weighted by atomic mass is 10.1. The van der Waals surface area contributed by atoms with Crippen LogP contribution in [0.4, 0.5) is 13.2 Å². The third-order valence-electron chi connectivity index (χ3n) is 8.21. The normalized spacial score (nSPS) is 15.9. The minimum Gasteiger partial charge on any atom is -0.497 e. The number of alkyl halides is 3. The minimum atomic E-state index is -4.78. The van der Waals surface area contributed by atoms with Gasteiger partial charge in [-0.15, -0.1) is 11.3 Å². The highest BCUT2D eigenvalue weighted by Gasteiger charge is 2.40. The number of carbonyl (C=O) groups excluding carboxylic acids is 1. The molecule has 0 bridgehead atoms. The summed E-state index contributed by atoms with van der Waals surface area (Å²) in [5, 5.41) is 3.73. The van der Waals surface area contributed by atoms with Crippen LogP contribution in [0, 0.1) is 0 Å². The van der Waals surface area contributed by atoms with E-state index >= 15 is 0 Å². The van der Waals surface area contributed by atoms with E-state index in [1.807, 2.05) is 35.7 Å². The van der Waals surface area contributed by atoms with Crippen LogP contribution in [-0.4, -0.2) is 79.0 Å². The number of nitrogens with zero attached hydrogens (tertiary/aromatic N) is 7. The summed E-state index contributed by atoms with van der Waals surface area (Å²) >= 11 is 1.53. The molecule has 1 amide bonds. The fourth-order valence-corrected chi connectivity index (χ4v) is 6.62. The number of thiazole rings is 1. The molecule has 0 aliphatic carbocycles. The molecular weight excluding hydrogens is 633 g/mol. The zero-order chi connectivity index (χ0) is 32.7. The second-order valence-electron chi connectivity index (χ2n) is 11.1. The number of para-hydroxylation sites is 1. The average molecular weight is 663 g/mol. The van der Waals surface area contributed by atoms with Gasteiger partial charge in [0.1, 0.15) is 29.2 Å². The fraction of sp³-hybridized carbons (Fsp3) is 0.281. The number of piperazine rings is 1. The van der Waals surface area contributed by atoms with Crippen molar-refractivity contribution in [3.05, 3.63) is 83.0 Å². The molecule has 7 rings (SSSR count). The number of aromatic nitrogens is 6. The maximum atomic E-state index is 14.2. The van der Waals surface area contributed by atoms with Crippen molar-refractivity contribution in [3.8, 4) is 22.9 Å². The summed E-state index contributed by atoms with van der Waals surface area (Å²) in [5.74, 6) is -0.401. The highest BCUT2D eigenvalue weighted by molar-refractivity contribution is 7.09. The van der Waals surface area contributed by atoms with E-state index in [0.717, 1.165) is 20.5 Å². The van der Waals surface area contributed by atoms with Crippen LogP contribution in [0.3, 0.4) is 0 Å². The van der Waals surface area contributed by atoms with Crippen molar-refractivity contribution in [2.45, 2.75) is 25.3 Å². The van der Waals surface area contributed by atoms with Crippen LogP contribution < -0.4 is 9.47 Å². The second-order valence-corrected chi connectivity index (χ2v) is 12.0. The van der Waals surface area contributed by atoms with E-state index in [4.69, 9.17) is 9.47 Å². The smallest absolute Gasteiger partial charge is 0.449 e. The third kappa shape index (κ3) is 5.99. The molecule has 1 atom stereocenters. The summed E-state index contributed by atoms with van der Waals surface area (Å²) < 4.78 is 54.3. The summed E-state index contributed by atoms with van der Waals surface area (Å²) in [5.41, 5.74) is 2.36. The van der Waals surface area contributed by atoms with Crippen LogP contribution in [0.1, 0.15) is 22.7 Å². The lowest BCUT2D eigenvalue weighted by molar-refractivity contribution is -0.148. The van der Waals surface area contributed by atoms with Gasteiger partial charge in [-0.2, -0.15) is 13.2 Å². The van der Waals surface area contributed by atoms with E-state index in [1.165, 1.54) is 36.6 Å². The van der Waals surface area contributed by atoms with Crippen LogP contribution in [0.25, 0.3) is 33.2 Å². The molecule has 6 aromatic rings. The summed E-state index contributed by atoms with van der Waals surface area (Å²) in [6, 6.07) is 13.5. The quantitative estimate of drug-likeness (QED) is 0.226. The molecule has 1 aliphatic heterocycles. The van der Waals surface area contributed by atoms with Crippen LogP contribution in [0.2, 0.25) is 0 Å². The Hall–Kier alpha value is -5.02. The number of amides is 1. The number of hydrogen-bond donors (Lipinski definition) is 1. The summed E-state index contributed by atoms with van der Waals surface area (Å²) in [7, 11) is 2.97. The molecule has 2 aromatic carbocycles. The predicted octanol–water partition coefficient (Wildman–Crippen LogP) is 5.55. The van der Waals surface area contributed by atoms with Crippen LogP contribution in [-0.2, 0) is 24.1 Å². The van der Waals surface area contributed by atoms with Crippen molar-refractivity contribution < 1.29 is 27.4 Å². The monoisotopic (exact) mass is 662 g/mol. The summed E-state index contributed by atoms with van der Waals surface area (Å²) in [6.07, 6.45) is -1.38. The molecule has 0 radical (unpaired) electrons. The number of H-pyrrole nitrogens is 1. The molecule has 1 saturated heterocycles. The van der Waals surface area contributed by atoms with Gasteiger partial charge in [-0.05, 0) is 24.3 Å². The molecule has 0 unspecified atom stereocenters. The van der Waals surface area contributed by atoms with Gasteiger partial charge in [0.15, 0.2) is 0 Å². The van der Waals surface area contributed by atoms with Crippen LogP contribution in [0.15, 0.2) is 66.3 Å². The Bertz CT molecular complexity index is 2060. The number of aromatic amines is 1. The van der Waals surface area contributed by atoms with Crippen LogP contribution in [0.5, 0.6) is 11.6 Å². The lowest BCUT2D eigenvalue weighted by Gasteiger charge is -2.40. The number of imidazole rings is 2. The number of carbonyl (C=O) groups is 1. The van der Waals surface area contributed by atoms with Crippen LogP contribution >= 0.6 is 11.3 Å². The predicted molar refractivity (Wildman–Crippen MR) is 169 cm³/mol. The number of fused-ring (bicyclic) bond motifs is 2. The van der Waals surface area contributed by atoms with E-state index in [-0.39, 0.29) is 17.6 Å². The van der Waals surface area contributed by atoms with Gasteiger partial charge in [0, 0.05) is 42.7 Å². The molecular formula is C32H29F3N8O3S. The fourth-order valence-electron chi connectivity index (χ4n) is 5.96. The Morgan fingerprint density at radius 2 is 1.89 bits per heavy atom. The first-order valence-electron chi connectivity index (χ1n) is 14.7. The summed E-state index contributed by atoms with van der Waals surface area (Å²) in [4.78, 5) is 38.7. The molecule has 1 fully saturated rings. The van der Waals surface area contributed by atoms with Crippen molar-refractivity contribution in [2.24, 2.45) is 0 Å². The first-order valence-corrected chi connectivity index (χ1v) is 15.6. The molecule has 15 heteroatoms. The Balaban J connectivity index is 1.24.